The second kappa shape index (κ2) is 4.53. The normalized spacial score (nSPS) is 11.6. The largest absolute Gasteiger partial charge is 0.445 e. The van der Waals surface area contributed by atoms with E-state index in [4.69, 9.17) is 4.42 Å². The van der Waals surface area contributed by atoms with Gasteiger partial charge in [-0.05, 0) is 31.0 Å². The fourth-order valence-electron chi connectivity index (χ4n) is 2.23. The molecule has 19 heavy (non-hydrogen) atoms. The molecular formula is C15H17N3O. The van der Waals surface area contributed by atoms with E-state index in [1.807, 2.05) is 35.8 Å². The van der Waals surface area contributed by atoms with Crippen LogP contribution >= 0.6 is 0 Å². The Morgan fingerprint density at radius 3 is 2.79 bits per heavy atom. The first-order chi connectivity index (χ1) is 9.15. The van der Waals surface area contributed by atoms with Crippen LogP contribution in [0.1, 0.15) is 25.4 Å². The lowest BCUT2D eigenvalue weighted by molar-refractivity contribution is 0.502. The molecule has 4 nitrogen and oxygen atoms in total. The smallest absolute Gasteiger partial charge is 0.206 e. The Bertz CT molecular complexity index is 709. The van der Waals surface area contributed by atoms with Gasteiger partial charge in [0.05, 0.1) is 0 Å². The van der Waals surface area contributed by atoms with Gasteiger partial charge in [-0.15, -0.1) is 0 Å². The van der Waals surface area contributed by atoms with E-state index in [9.17, 15) is 0 Å². The number of rotatable bonds is 3. The number of hydrogen-bond acceptors (Lipinski definition) is 3. The number of furan rings is 1. The van der Waals surface area contributed by atoms with Crippen molar-refractivity contribution in [3.63, 3.8) is 0 Å². The lowest BCUT2D eigenvalue weighted by Crippen LogP contribution is -2.04. The standard InChI is InChI=1S/C15H17N3O/c1-10(2)9-13-17-12-5-4-8-16-15(12)18(13)14-7-6-11(3)19-14/h4-8,10H,9H2,1-3H3. The second-order valence-corrected chi connectivity index (χ2v) is 5.19. The molecule has 3 aromatic heterocycles. The van der Waals surface area contributed by atoms with Crippen LogP contribution in [0.4, 0.5) is 0 Å². The van der Waals surface area contributed by atoms with E-state index in [0.29, 0.717) is 5.92 Å². The molecule has 0 aliphatic rings. The summed E-state index contributed by atoms with van der Waals surface area (Å²) in [6.07, 6.45) is 2.69. The van der Waals surface area contributed by atoms with Gasteiger partial charge in [0.2, 0.25) is 5.88 Å². The zero-order chi connectivity index (χ0) is 13.4. The van der Waals surface area contributed by atoms with Crippen molar-refractivity contribution in [2.45, 2.75) is 27.2 Å². The number of hydrogen-bond donors (Lipinski definition) is 0. The van der Waals surface area contributed by atoms with Crippen molar-refractivity contribution < 1.29 is 4.42 Å². The van der Waals surface area contributed by atoms with Crippen molar-refractivity contribution in [2.24, 2.45) is 5.92 Å². The Morgan fingerprint density at radius 2 is 2.11 bits per heavy atom. The van der Waals surface area contributed by atoms with Gasteiger partial charge < -0.3 is 4.42 Å². The first-order valence-electron chi connectivity index (χ1n) is 6.54. The minimum Gasteiger partial charge on any atom is -0.445 e. The fourth-order valence-corrected chi connectivity index (χ4v) is 2.23. The summed E-state index contributed by atoms with van der Waals surface area (Å²) in [6.45, 7) is 6.31. The molecule has 4 heteroatoms. The Balaban J connectivity index is 2.24. The zero-order valence-electron chi connectivity index (χ0n) is 11.4. The first kappa shape index (κ1) is 12.0. The number of fused-ring (bicyclic) bond motifs is 1. The minimum atomic E-state index is 0.534. The Labute approximate surface area is 112 Å². The van der Waals surface area contributed by atoms with Crippen LogP contribution in [0.15, 0.2) is 34.9 Å². The van der Waals surface area contributed by atoms with Crippen molar-refractivity contribution in [2.75, 3.05) is 0 Å². The molecule has 0 aliphatic carbocycles. The van der Waals surface area contributed by atoms with E-state index in [1.165, 1.54) is 0 Å². The van der Waals surface area contributed by atoms with E-state index >= 15 is 0 Å². The third kappa shape index (κ3) is 2.14. The first-order valence-corrected chi connectivity index (χ1v) is 6.54. The summed E-state index contributed by atoms with van der Waals surface area (Å²) in [5, 5.41) is 0. The van der Waals surface area contributed by atoms with Crippen molar-refractivity contribution >= 4 is 11.2 Å². The van der Waals surface area contributed by atoms with E-state index in [1.54, 1.807) is 6.20 Å². The van der Waals surface area contributed by atoms with E-state index in [-0.39, 0.29) is 0 Å². The summed E-state index contributed by atoms with van der Waals surface area (Å²) >= 11 is 0. The monoisotopic (exact) mass is 255 g/mol. The minimum absolute atomic E-state index is 0.534. The van der Waals surface area contributed by atoms with Gasteiger partial charge in [0.25, 0.3) is 0 Å². The number of aromatic nitrogens is 3. The molecule has 0 saturated heterocycles. The Morgan fingerprint density at radius 1 is 1.26 bits per heavy atom. The van der Waals surface area contributed by atoms with Crippen molar-refractivity contribution in [1.29, 1.82) is 0 Å². The van der Waals surface area contributed by atoms with Crippen LogP contribution in [0.5, 0.6) is 0 Å². The molecule has 0 atom stereocenters. The molecule has 3 rings (SSSR count). The summed E-state index contributed by atoms with van der Waals surface area (Å²) in [6, 6.07) is 7.82. The van der Waals surface area contributed by atoms with Crippen LogP contribution in [0.3, 0.4) is 0 Å². The number of imidazole rings is 1. The predicted octanol–water partition coefficient (Wildman–Crippen LogP) is 3.52. The van der Waals surface area contributed by atoms with Crippen molar-refractivity contribution in [3.8, 4) is 5.88 Å². The molecule has 0 aromatic carbocycles. The molecule has 0 aliphatic heterocycles. The van der Waals surface area contributed by atoms with Crippen LogP contribution in [-0.4, -0.2) is 14.5 Å². The van der Waals surface area contributed by atoms with Gasteiger partial charge in [-0.25, -0.2) is 14.5 Å². The number of aryl methyl sites for hydroxylation is 1. The molecule has 0 N–H and O–H groups in total. The van der Waals surface area contributed by atoms with Crippen LogP contribution in [0.2, 0.25) is 0 Å². The summed E-state index contributed by atoms with van der Waals surface area (Å²) in [7, 11) is 0. The lowest BCUT2D eigenvalue weighted by atomic mass is 10.1. The van der Waals surface area contributed by atoms with Crippen LogP contribution in [0, 0.1) is 12.8 Å². The molecule has 3 aromatic rings. The number of pyridine rings is 1. The zero-order valence-corrected chi connectivity index (χ0v) is 11.4. The SMILES string of the molecule is Cc1ccc(-n2c(CC(C)C)nc3cccnc32)o1. The molecule has 98 valence electrons. The van der Waals surface area contributed by atoms with Crippen molar-refractivity contribution in [3.05, 3.63) is 42.0 Å². The molecule has 3 heterocycles. The topological polar surface area (TPSA) is 43.9 Å². The maximum Gasteiger partial charge on any atom is 0.206 e. The summed E-state index contributed by atoms with van der Waals surface area (Å²) < 4.78 is 7.76. The lowest BCUT2D eigenvalue weighted by Gasteiger charge is -2.07. The highest BCUT2D eigenvalue weighted by Crippen LogP contribution is 2.23. The Hall–Kier alpha value is -2.10. The summed E-state index contributed by atoms with van der Waals surface area (Å²) in [4.78, 5) is 9.11. The van der Waals surface area contributed by atoms with E-state index in [2.05, 4.69) is 23.8 Å². The number of nitrogens with zero attached hydrogens (tertiary/aromatic N) is 3. The van der Waals surface area contributed by atoms with Gasteiger partial charge in [0.1, 0.15) is 17.1 Å². The highest BCUT2D eigenvalue weighted by molar-refractivity contribution is 5.73. The Kier molecular flexibility index (Phi) is 2.85. The molecule has 0 amide bonds. The maximum atomic E-state index is 5.74. The molecular weight excluding hydrogens is 238 g/mol. The average Bonchev–Trinajstić information content (AvgIpc) is 2.91. The quantitative estimate of drug-likeness (QED) is 0.719. The summed E-state index contributed by atoms with van der Waals surface area (Å²) in [5.74, 6) is 3.21. The summed E-state index contributed by atoms with van der Waals surface area (Å²) in [5.41, 5.74) is 1.76. The van der Waals surface area contributed by atoms with Gasteiger partial charge in [-0.1, -0.05) is 13.8 Å². The average molecular weight is 255 g/mol. The third-order valence-corrected chi connectivity index (χ3v) is 3.02. The molecule has 0 fully saturated rings. The molecule has 0 unspecified atom stereocenters. The fraction of sp³-hybridized carbons (Fsp3) is 0.333. The van der Waals surface area contributed by atoms with Gasteiger partial charge >= 0.3 is 0 Å². The second-order valence-electron chi connectivity index (χ2n) is 5.19. The van der Waals surface area contributed by atoms with E-state index < -0.39 is 0 Å². The highest BCUT2D eigenvalue weighted by Gasteiger charge is 2.16. The van der Waals surface area contributed by atoms with Crippen LogP contribution in [0.25, 0.3) is 17.0 Å². The molecule has 0 bridgehead atoms. The molecule has 0 saturated carbocycles. The molecule has 0 radical (unpaired) electrons. The molecule has 0 spiro atoms. The van der Waals surface area contributed by atoms with Crippen molar-refractivity contribution in [1.82, 2.24) is 14.5 Å². The van der Waals surface area contributed by atoms with Gasteiger partial charge in [-0.2, -0.15) is 0 Å². The van der Waals surface area contributed by atoms with Crippen LogP contribution in [-0.2, 0) is 6.42 Å². The van der Waals surface area contributed by atoms with Crippen LogP contribution < -0.4 is 0 Å². The predicted molar refractivity (Wildman–Crippen MR) is 74.4 cm³/mol. The van der Waals surface area contributed by atoms with Gasteiger partial charge in [-0.3, -0.25) is 0 Å². The maximum absolute atomic E-state index is 5.74. The van der Waals surface area contributed by atoms with E-state index in [0.717, 1.165) is 35.1 Å². The third-order valence-electron chi connectivity index (χ3n) is 3.02. The van der Waals surface area contributed by atoms with Gasteiger partial charge in [0.15, 0.2) is 5.65 Å². The highest BCUT2D eigenvalue weighted by atomic mass is 16.4. The van der Waals surface area contributed by atoms with Gasteiger partial charge in [0, 0.05) is 18.7 Å².